The molecular formula is C65H111Cl2N2O17P3. The standard InChI is InChI=1S/C13H22NO5P.C13H19O5P.C11H16O2.C7H7Cl.C4H10O2.C3H9N.4C3H6.C2H4ClO3P/c14-8-11-19-20(15,16)18-10-5-4-9-17-12-13-6-2-1-3-7-13;14-19(17-10-11-18-19)16-9-5-4-8-15-12-13-6-2-1-3-7-13;12-8-4-5-9-13-10-11-6-2-1-3-7-11;8-6-7-4-2-1-3-5-7;5-3-1-2-4-6;1-4(2)3;4*1-3-2;3-7(4)5-1-2-6-7/h1-3,6-7H,4-5,8-12,14H2,(H,15,16);1-3,6-7H,4-5,8-12H2;1-3,6-7,12H,4-5,8-10H2;1-5H,6H2;5-6H,1-4H2;1-3H3;4*3H,1H2,2H3;1-2H2. The predicted molar refractivity (Wildman–Crippen MR) is 364 cm³/mol. The Morgan fingerprint density at radius 2 is 0.787 bits per heavy atom. The Morgan fingerprint density at radius 1 is 0.517 bits per heavy atom. The van der Waals surface area contributed by atoms with Crippen LogP contribution in [0.5, 0.6) is 0 Å². The number of halogens is 2. The fraction of sp³-hybridized carbons (Fsp3) is 0.508. The normalized spacial score (nSPS) is 13.1. The van der Waals surface area contributed by atoms with Crippen LogP contribution < -0.4 is 10.6 Å². The van der Waals surface area contributed by atoms with Crippen LogP contribution in [-0.4, -0.2) is 134 Å². The second-order valence-electron chi connectivity index (χ2n) is 18.2. The minimum atomic E-state index is -4.14. The van der Waals surface area contributed by atoms with Gasteiger partial charge < -0.3 is 54.1 Å². The number of hydrogen-bond acceptors (Lipinski definition) is 18. The third kappa shape index (κ3) is 78.6. The number of aliphatic hydroxyl groups is 3. The zero-order chi connectivity index (χ0) is 67.8. The van der Waals surface area contributed by atoms with Crippen molar-refractivity contribution in [3.8, 4) is 0 Å². The second kappa shape index (κ2) is 73.5. The summed E-state index contributed by atoms with van der Waals surface area (Å²) in [6, 6.07) is 40.0. The summed E-state index contributed by atoms with van der Waals surface area (Å²) in [5, 5.41) is 24.7. The molecule has 0 bridgehead atoms. The van der Waals surface area contributed by atoms with Crippen LogP contribution in [0.25, 0.3) is 0 Å². The molecule has 6 N–H and O–H groups in total. The van der Waals surface area contributed by atoms with E-state index in [0.29, 0.717) is 84.9 Å². The zero-order valence-corrected chi connectivity index (χ0v) is 58.6. The van der Waals surface area contributed by atoms with Crippen LogP contribution in [0.2, 0.25) is 0 Å². The largest absolute Gasteiger partial charge is 0.756 e. The van der Waals surface area contributed by atoms with Crippen molar-refractivity contribution >= 4 is 45.4 Å². The van der Waals surface area contributed by atoms with Gasteiger partial charge in [0.15, 0.2) is 0 Å². The number of nitrogens with zero attached hydrogens (tertiary/aromatic N) is 1. The Morgan fingerprint density at radius 3 is 1.07 bits per heavy atom. The van der Waals surface area contributed by atoms with E-state index in [2.05, 4.69) is 45.6 Å². The molecule has 1 atom stereocenters. The summed E-state index contributed by atoms with van der Waals surface area (Å²) in [5.41, 5.74) is 8.15. The van der Waals surface area contributed by atoms with Gasteiger partial charge in [-0.25, -0.2) is 9.13 Å². The minimum Gasteiger partial charge on any atom is -0.756 e. The lowest BCUT2D eigenvalue weighted by Crippen LogP contribution is -2.52. The number of alkyl halides is 1. The lowest BCUT2D eigenvalue weighted by Gasteiger charge is -2.21. The highest BCUT2D eigenvalue weighted by Crippen LogP contribution is 2.56. The van der Waals surface area contributed by atoms with Crippen LogP contribution in [0.15, 0.2) is 172 Å². The van der Waals surface area contributed by atoms with E-state index in [4.69, 9.17) is 70.5 Å². The average Bonchev–Trinajstić information content (AvgIpc) is 4.38. The van der Waals surface area contributed by atoms with E-state index >= 15 is 0 Å². The Balaban J connectivity index is -0.000000313. The zero-order valence-electron chi connectivity index (χ0n) is 54.4. The van der Waals surface area contributed by atoms with Gasteiger partial charge in [-0.05, 0) is 122 Å². The summed E-state index contributed by atoms with van der Waals surface area (Å²) < 4.78 is 82.6. The number of rotatable bonds is 29. The van der Waals surface area contributed by atoms with Gasteiger partial charge in [-0.1, -0.05) is 146 Å². The monoisotopic (exact) mass is 1350 g/mol. The summed E-state index contributed by atoms with van der Waals surface area (Å²) in [5.74, 6) is 0.612. The number of benzene rings is 4. The Hall–Kier alpha value is -3.53. The van der Waals surface area contributed by atoms with Gasteiger partial charge in [0.05, 0.1) is 66.0 Å². The van der Waals surface area contributed by atoms with Crippen molar-refractivity contribution in [2.45, 2.75) is 105 Å². The molecule has 512 valence electrons. The lowest BCUT2D eigenvalue weighted by atomic mass is 10.2. The average molecular weight is 1360 g/mol. The molecule has 24 heteroatoms. The van der Waals surface area contributed by atoms with E-state index in [1.54, 1.807) is 24.3 Å². The summed E-state index contributed by atoms with van der Waals surface area (Å²) >= 11 is 10.6. The van der Waals surface area contributed by atoms with Crippen molar-refractivity contribution in [3.63, 3.8) is 0 Å². The molecule has 2 aliphatic heterocycles. The number of hydrogen-bond donors (Lipinski definition) is 4. The second-order valence-corrected chi connectivity index (χ2v) is 24.2. The molecule has 0 radical (unpaired) electrons. The summed E-state index contributed by atoms with van der Waals surface area (Å²) in [6.07, 6.45) is 13.2. The SMILES string of the molecule is C=CC.C=CC.C=CC.C=CC.CN(C)C.ClCc1ccccc1.O=P1(Cl)OCCO1.O=P1(OCCCCOCc2ccccc2)OCCO1.OCCCCO.OCCCCOCc1ccccc1.[NH3+]CCOP(=O)([O-])OCCCCOCc1ccccc1. The molecule has 0 aliphatic carbocycles. The minimum absolute atomic E-state index is 0.0565. The topological polar surface area (TPSA) is 258 Å². The van der Waals surface area contributed by atoms with E-state index in [-0.39, 0.29) is 33.0 Å². The van der Waals surface area contributed by atoms with Crippen LogP contribution in [0.3, 0.4) is 0 Å². The maximum absolute atomic E-state index is 11.6. The van der Waals surface area contributed by atoms with Crippen LogP contribution in [0.4, 0.5) is 0 Å². The molecular weight excluding hydrogens is 1240 g/mol. The molecule has 2 aliphatic rings. The van der Waals surface area contributed by atoms with Gasteiger partial charge in [-0.3, -0.25) is 27.2 Å². The smallest absolute Gasteiger partial charge is 0.474 e. The Kier molecular flexibility index (Phi) is 77.8. The molecule has 4 aromatic carbocycles. The molecule has 0 aromatic heterocycles. The summed E-state index contributed by atoms with van der Waals surface area (Å²) in [4.78, 5) is 13.2. The molecule has 2 fully saturated rings. The molecule has 2 heterocycles. The fourth-order valence-electron chi connectivity index (χ4n) is 5.32. The number of quaternary nitrogens is 1. The number of unbranched alkanes of at least 4 members (excludes halogenated alkanes) is 4. The van der Waals surface area contributed by atoms with E-state index in [1.165, 1.54) is 11.1 Å². The number of phosphoric acid groups is 2. The van der Waals surface area contributed by atoms with Gasteiger partial charge in [0.1, 0.15) is 6.61 Å². The summed E-state index contributed by atoms with van der Waals surface area (Å²) in [7, 11) is -1.36. The molecule has 0 amide bonds. The van der Waals surface area contributed by atoms with Gasteiger partial charge in [0, 0.05) is 56.8 Å². The van der Waals surface area contributed by atoms with Crippen molar-refractivity contribution < 1.29 is 85.5 Å². The first-order chi connectivity index (χ1) is 42.8. The molecule has 1 unspecified atom stereocenters. The number of phosphoric ester groups is 2. The molecule has 2 saturated heterocycles. The highest BCUT2D eigenvalue weighted by Gasteiger charge is 2.31. The first-order valence-electron chi connectivity index (χ1n) is 29.5. The van der Waals surface area contributed by atoms with E-state index < -0.39 is 22.6 Å². The summed E-state index contributed by atoms with van der Waals surface area (Å²) in [6.45, 7) is 24.7. The van der Waals surface area contributed by atoms with Gasteiger partial charge in [-0.2, -0.15) is 0 Å². The van der Waals surface area contributed by atoms with E-state index in [9.17, 15) is 18.6 Å². The van der Waals surface area contributed by atoms with Crippen molar-refractivity contribution in [1.29, 1.82) is 0 Å². The van der Waals surface area contributed by atoms with Crippen molar-refractivity contribution in [2.24, 2.45) is 0 Å². The van der Waals surface area contributed by atoms with Crippen molar-refractivity contribution in [2.75, 3.05) is 114 Å². The fourth-order valence-corrected chi connectivity index (χ4v) is 8.52. The van der Waals surface area contributed by atoms with E-state index in [0.717, 1.165) is 62.7 Å². The van der Waals surface area contributed by atoms with Gasteiger partial charge >= 0.3 is 14.8 Å². The maximum atomic E-state index is 11.6. The van der Waals surface area contributed by atoms with Gasteiger partial charge in [-0.15, -0.1) is 37.9 Å². The molecule has 0 saturated carbocycles. The van der Waals surface area contributed by atoms with Crippen molar-refractivity contribution in [3.05, 3.63) is 194 Å². The number of aliphatic hydroxyl groups excluding tert-OH is 3. The number of allylic oxidation sites excluding steroid dienone is 4. The molecule has 89 heavy (non-hydrogen) atoms. The highest BCUT2D eigenvalue weighted by atomic mass is 35.7. The third-order valence-electron chi connectivity index (χ3n) is 9.01. The molecule has 0 spiro atoms. The Bertz CT molecular complexity index is 2190. The van der Waals surface area contributed by atoms with Crippen LogP contribution >= 0.6 is 45.4 Å². The Labute approximate surface area is 545 Å². The third-order valence-corrected chi connectivity index (χ3v) is 13.4. The lowest BCUT2D eigenvalue weighted by molar-refractivity contribution is -0.373. The maximum Gasteiger partial charge on any atom is 0.474 e. The van der Waals surface area contributed by atoms with E-state index in [1.807, 2.05) is 175 Å². The first kappa shape index (κ1) is 94.2. The van der Waals surface area contributed by atoms with Crippen molar-refractivity contribution in [1.82, 2.24) is 4.90 Å². The van der Waals surface area contributed by atoms with Crippen LogP contribution in [0.1, 0.15) is 101 Å². The van der Waals surface area contributed by atoms with Crippen LogP contribution in [0, 0.1) is 0 Å². The molecule has 4 aromatic rings. The van der Waals surface area contributed by atoms with Gasteiger partial charge in [0.2, 0.25) is 0 Å². The molecule has 6 rings (SSSR count). The predicted octanol–water partition coefficient (Wildman–Crippen LogP) is 14.4. The first-order valence-corrected chi connectivity index (χ1v) is 35.4. The highest BCUT2D eigenvalue weighted by molar-refractivity contribution is 7.81. The quantitative estimate of drug-likeness (QED) is 0.0170. The van der Waals surface area contributed by atoms with Gasteiger partial charge in [0.25, 0.3) is 7.82 Å². The number of ether oxygens (including phenoxy) is 3. The molecule has 19 nitrogen and oxygen atoms in total. The van der Waals surface area contributed by atoms with Crippen LogP contribution in [-0.2, 0) is 85.3 Å².